The number of nitrogens with one attached hydrogen (secondary N) is 1. The highest BCUT2D eigenvalue weighted by atomic mass is 35.5. The fourth-order valence-electron chi connectivity index (χ4n) is 3.75. The van der Waals surface area contributed by atoms with Crippen LogP contribution < -0.4 is 5.32 Å². The molecular weight excluding hydrogens is 350 g/mol. The van der Waals surface area contributed by atoms with Crippen molar-refractivity contribution >= 4 is 29.1 Å². The highest BCUT2D eigenvalue weighted by Crippen LogP contribution is 2.29. The third-order valence-electron chi connectivity index (χ3n) is 5.63. The minimum atomic E-state index is -0.134. The fourth-order valence-corrected chi connectivity index (χ4v) is 3.87. The molecule has 1 heterocycles. The molecule has 3 atom stereocenters. The van der Waals surface area contributed by atoms with E-state index in [2.05, 4.69) is 24.3 Å². The van der Waals surface area contributed by atoms with E-state index >= 15 is 0 Å². The quantitative estimate of drug-likeness (QED) is 0.873. The van der Waals surface area contributed by atoms with Crippen LogP contribution in [-0.4, -0.2) is 35.1 Å². The van der Waals surface area contributed by atoms with E-state index in [0.717, 1.165) is 24.1 Å². The van der Waals surface area contributed by atoms with Crippen molar-refractivity contribution in [2.75, 3.05) is 6.54 Å². The summed E-state index contributed by atoms with van der Waals surface area (Å²) in [5.41, 5.74) is 1.75. The van der Waals surface area contributed by atoms with E-state index in [9.17, 15) is 9.59 Å². The van der Waals surface area contributed by atoms with Gasteiger partial charge in [-0.15, -0.1) is 0 Å². The summed E-state index contributed by atoms with van der Waals surface area (Å²) in [6.45, 7) is 4.41. The van der Waals surface area contributed by atoms with Gasteiger partial charge in [0.25, 0.3) is 0 Å². The van der Waals surface area contributed by atoms with Crippen molar-refractivity contribution in [3.63, 3.8) is 0 Å². The molecule has 2 amide bonds. The molecule has 6 heteroatoms. The minimum Gasteiger partial charge on any atom is -0.351 e. The molecule has 3 rings (SSSR count). The molecule has 1 aromatic rings. The molecule has 1 aliphatic heterocycles. The first-order valence-corrected chi connectivity index (χ1v) is 9.75. The fraction of sp³-hybridized carbons (Fsp3) is 0.550. The normalized spacial score (nSPS) is 26.4. The number of rotatable bonds is 4. The Labute approximate surface area is 159 Å². The molecular formula is C20H26ClN3O2. The molecule has 1 aliphatic carbocycles. The third kappa shape index (κ3) is 4.44. The lowest BCUT2D eigenvalue weighted by molar-refractivity contribution is -0.137. The maximum absolute atomic E-state index is 12.5. The lowest BCUT2D eigenvalue weighted by Crippen LogP contribution is -2.48. The summed E-state index contributed by atoms with van der Waals surface area (Å²) in [6, 6.07) is 7.57. The smallest absolute Gasteiger partial charge is 0.243 e. The highest BCUT2D eigenvalue weighted by Gasteiger charge is 2.29. The molecule has 1 aromatic carbocycles. The van der Waals surface area contributed by atoms with Gasteiger partial charge in [-0.05, 0) is 36.0 Å². The van der Waals surface area contributed by atoms with Crippen molar-refractivity contribution in [1.29, 1.82) is 0 Å². The zero-order chi connectivity index (χ0) is 18.7. The van der Waals surface area contributed by atoms with Crippen LogP contribution in [0.15, 0.2) is 29.4 Å². The van der Waals surface area contributed by atoms with Crippen LogP contribution in [0.25, 0.3) is 0 Å². The third-order valence-corrected chi connectivity index (χ3v) is 5.88. The summed E-state index contributed by atoms with van der Waals surface area (Å²) < 4.78 is 0. The first-order valence-electron chi connectivity index (χ1n) is 9.37. The Balaban J connectivity index is 1.65. The van der Waals surface area contributed by atoms with Crippen molar-refractivity contribution in [2.24, 2.45) is 16.9 Å². The molecule has 1 N–H and O–H groups in total. The number of benzene rings is 1. The van der Waals surface area contributed by atoms with Gasteiger partial charge in [-0.2, -0.15) is 5.10 Å². The van der Waals surface area contributed by atoms with Crippen molar-refractivity contribution in [2.45, 2.75) is 52.0 Å². The van der Waals surface area contributed by atoms with E-state index in [0.29, 0.717) is 29.7 Å². The first kappa shape index (κ1) is 18.9. The van der Waals surface area contributed by atoms with E-state index in [1.54, 1.807) is 12.1 Å². The van der Waals surface area contributed by atoms with Gasteiger partial charge >= 0.3 is 0 Å². The molecule has 140 valence electrons. The Morgan fingerprint density at radius 1 is 1.23 bits per heavy atom. The Morgan fingerprint density at radius 3 is 2.69 bits per heavy atom. The largest absolute Gasteiger partial charge is 0.351 e. The van der Waals surface area contributed by atoms with Crippen molar-refractivity contribution in [1.82, 2.24) is 10.3 Å². The number of carbonyl (C=O) groups is 2. The predicted octanol–water partition coefficient (Wildman–Crippen LogP) is 3.61. The van der Waals surface area contributed by atoms with E-state index < -0.39 is 0 Å². The monoisotopic (exact) mass is 375 g/mol. The molecule has 1 saturated carbocycles. The van der Waals surface area contributed by atoms with E-state index in [4.69, 9.17) is 11.6 Å². The van der Waals surface area contributed by atoms with E-state index in [1.807, 2.05) is 12.1 Å². The summed E-state index contributed by atoms with van der Waals surface area (Å²) in [6.07, 6.45) is 4.30. The second-order valence-electron chi connectivity index (χ2n) is 7.45. The molecule has 26 heavy (non-hydrogen) atoms. The zero-order valence-corrected chi connectivity index (χ0v) is 16.1. The predicted molar refractivity (Wildman–Crippen MR) is 103 cm³/mol. The van der Waals surface area contributed by atoms with Gasteiger partial charge in [-0.25, -0.2) is 5.01 Å². The Hall–Kier alpha value is -1.88. The van der Waals surface area contributed by atoms with Gasteiger partial charge in [-0.1, -0.05) is 50.4 Å². The van der Waals surface area contributed by atoms with Gasteiger partial charge in [0.15, 0.2) is 0 Å². The molecule has 0 spiro atoms. The molecule has 0 bridgehead atoms. The standard InChI is InChI=1S/C20H26ClN3O2/c1-13-4-3-5-17(14(13)2)22-19(25)12-24-20(26)11-10-18(23-24)15-6-8-16(21)9-7-15/h6-9,13-14,17H,3-5,10-12H2,1-2H3,(H,22,25)/t13-,14-,17+/m1/s1. The van der Waals surface area contributed by atoms with Gasteiger partial charge in [0, 0.05) is 23.9 Å². The van der Waals surface area contributed by atoms with Crippen LogP contribution in [0.3, 0.4) is 0 Å². The summed E-state index contributed by atoms with van der Waals surface area (Å²) >= 11 is 5.93. The van der Waals surface area contributed by atoms with Crippen molar-refractivity contribution in [3.05, 3.63) is 34.9 Å². The van der Waals surface area contributed by atoms with Crippen LogP contribution in [-0.2, 0) is 9.59 Å². The van der Waals surface area contributed by atoms with Crippen LogP contribution >= 0.6 is 11.6 Å². The molecule has 2 aliphatic rings. The average Bonchev–Trinajstić information content (AvgIpc) is 2.62. The Kier molecular flexibility index (Phi) is 5.97. The Morgan fingerprint density at radius 2 is 1.96 bits per heavy atom. The van der Waals surface area contributed by atoms with Crippen LogP contribution in [0.1, 0.15) is 51.5 Å². The average molecular weight is 376 g/mol. The number of hydrazone groups is 1. The van der Waals surface area contributed by atoms with Crippen LogP contribution in [0.4, 0.5) is 0 Å². The summed E-state index contributed by atoms with van der Waals surface area (Å²) in [4.78, 5) is 24.7. The lowest BCUT2D eigenvalue weighted by atomic mass is 9.78. The topological polar surface area (TPSA) is 61.8 Å². The number of amides is 2. The summed E-state index contributed by atoms with van der Waals surface area (Å²) in [5.74, 6) is 0.825. The van der Waals surface area contributed by atoms with E-state index in [1.165, 1.54) is 11.4 Å². The molecule has 0 aromatic heterocycles. The lowest BCUT2D eigenvalue weighted by Gasteiger charge is -2.35. The second kappa shape index (κ2) is 8.21. The number of halogens is 1. The Bertz CT molecular complexity index is 702. The molecule has 5 nitrogen and oxygen atoms in total. The van der Waals surface area contributed by atoms with Gasteiger partial charge in [-0.3, -0.25) is 9.59 Å². The summed E-state index contributed by atoms with van der Waals surface area (Å²) in [7, 11) is 0. The van der Waals surface area contributed by atoms with Crippen molar-refractivity contribution in [3.8, 4) is 0 Å². The first-order chi connectivity index (χ1) is 12.4. The number of hydrogen-bond donors (Lipinski definition) is 1. The van der Waals surface area contributed by atoms with Crippen LogP contribution in [0.5, 0.6) is 0 Å². The van der Waals surface area contributed by atoms with Crippen LogP contribution in [0, 0.1) is 11.8 Å². The zero-order valence-electron chi connectivity index (χ0n) is 15.4. The van der Waals surface area contributed by atoms with Gasteiger partial charge in [0.2, 0.25) is 11.8 Å². The number of carbonyl (C=O) groups excluding carboxylic acids is 2. The van der Waals surface area contributed by atoms with Gasteiger partial charge in [0.05, 0.1) is 5.71 Å². The molecule has 1 fully saturated rings. The highest BCUT2D eigenvalue weighted by molar-refractivity contribution is 6.30. The van der Waals surface area contributed by atoms with Gasteiger partial charge in [0.1, 0.15) is 6.54 Å². The van der Waals surface area contributed by atoms with Crippen LogP contribution in [0.2, 0.25) is 5.02 Å². The van der Waals surface area contributed by atoms with Gasteiger partial charge < -0.3 is 5.32 Å². The maximum Gasteiger partial charge on any atom is 0.243 e. The number of hydrogen-bond acceptors (Lipinski definition) is 3. The molecule has 0 unspecified atom stereocenters. The summed E-state index contributed by atoms with van der Waals surface area (Å²) in [5, 5.41) is 9.50. The van der Waals surface area contributed by atoms with E-state index in [-0.39, 0.29) is 24.4 Å². The molecule has 0 radical (unpaired) electrons. The maximum atomic E-state index is 12.5. The SMILES string of the molecule is C[C@@H]1[C@H](C)CCC[C@@H]1NC(=O)CN1N=C(c2ccc(Cl)cc2)CCC1=O. The number of nitrogens with zero attached hydrogens (tertiary/aromatic N) is 2. The second-order valence-corrected chi connectivity index (χ2v) is 7.88. The minimum absolute atomic E-state index is 0.0203. The van der Waals surface area contributed by atoms with Crippen molar-refractivity contribution < 1.29 is 9.59 Å². The molecule has 0 saturated heterocycles.